The van der Waals surface area contributed by atoms with Crippen molar-refractivity contribution in [1.82, 2.24) is 14.5 Å². The third-order valence-corrected chi connectivity index (χ3v) is 6.29. The molecule has 4 rings (SSSR count). The van der Waals surface area contributed by atoms with Gasteiger partial charge in [0.05, 0.1) is 18.1 Å². The van der Waals surface area contributed by atoms with Crippen LogP contribution in [0.25, 0.3) is 22.2 Å². The summed E-state index contributed by atoms with van der Waals surface area (Å²) in [6, 6.07) is 6.22. The van der Waals surface area contributed by atoms with Gasteiger partial charge in [0.1, 0.15) is 5.82 Å². The van der Waals surface area contributed by atoms with E-state index in [2.05, 4.69) is 41.8 Å². The maximum absolute atomic E-state index is 11.9. The molecular weight excluding hydrogens is 370 g/mol. The molecule has 28 heavy (non-hydrogen) atoms. The number of aromatic nitrogens is 3. The summed E-state index contributed by atoms with van der Waals surface area (Å²) in [5.41, 5.74) is 5.75. The third kappa shape index (κ3) is 3.46. The van der Waals surface area contributed by atoms with E-state index in [1.807, 2.05) is 6.07 Å². The largest absolute Gasteiger partial charge is 0.491 e. The molecule has 1 aliphatic carbocycles. The van der Waals surface area contributed by atoms with Crippen LogP contribution in [0, 0.1) is 5.41 Å². The Bertz CT molecular complexity index is 1080. The van der Waals surface area contributed by atoms with Crippen LogP contribution in [0.15, 0.2) is 29.2 Å². The number of hydrogen-bond donors (Lipinski definition) is 1. The fraction of sp³-hybridized carbons (Fsp3) is 0.455. The Morgan fingerprint density at radius 3 is 2.71 bits per heavy atom. The molecule has 0 amide bonds. The Labute approximate surface area is 169 Å². The minimum absolute atomic E-state index is 0.211. The molecule has 2 aromatic heterocycles. The summed E-state index contributed by atoms with van der Waals surface area (Å²) < 4.78 is 7.64. The average molecular weight is 398 g/mol. The van der Waals surface area contributed by atoms with Gasteiger partial charge in [-0.25, -0.2) is 4.98 Å². The van der Waals surface area contributed by atoms with Crippen molar-refractivity contribution in [2.45, 2.75) is 45.4 Å². The van der Waals surface area contributed by atoms with Gasteiger partial charge >= 0.3 is 0 Å². The van der Waals surface area contributed by atoms with Gasteiger partial charge in [0.25, 0.3) is 5.56 Å². The lowest BCUT2D eigenvalue weighted by atomic mass is 10.0. The number of benzene rings is 1. The molecule has 148 valence electrons. The molecule has 1 saturated carbocycles. The first-order chi connectivity index (χ1) is 13.5. The molecule has 0 radical (unpaired) electrons. The highest BCUT2D eigenvalue weighted by molar-refractivity contribution is 7.97. The molecule has 1 aliphatic rings. The van der Waals surface area contributed by atoms with Crippen LogP contribution in [-0.2, 0) is 18.7 Å². The number of hydrogen-bond acceptors (Lipinski definition) is 4. The Kier molecular flexibility index (Phi) is 5.00. The predicted molar refractivity (Wildman–Crippen MR) is 116 cm³/mol. The number of rotatable bonds is 7. The lowest BCUT2D eigenvalue weighted by Crippen LogP contribution is -2.11. The molecule has 5 nitrogen and oxygen atoms in total. The van der Waals surface area contributed by atoms with Crippen LogP contribution in [0.5, 0.6) is 5.75 Å². The first-order valence-corrected chi connectivity index (χ1v) is 11.2. The number of ether oxygens (including phenoxy) is 1. The minimum Gasteiger partial charge on any atom is -0.491 e. The molecule has 0 atom stereocenters. The first kappa shape index (κ1) is 19.1. The molecule has 0 unspecified atom stereocenters. The Hall–Kier alpha value is -2.21. The molecule has 1 aromatic carbocycles. The standard InChI is InChI=1S/C22H27N3O2S/c1-5-19-24-20-16(12-28-4)8-14(15-10-18(27-3)21(26)23-11-15)9-17(20)25(19)13-22(2)6-7-22/h8-11H,5-7,12-13H2,1-4H3,(H,23,26). The fourth-order valence-corrected chi connectivity index (χ4v) is 4.29. The summed E-state index contributed by atoms with van der Waals surface area (Å²) in [6.45, 7) is 5.55. The van der Waals surface area contributed by atoms with Crippen molar-refractivity contribution >= 4 is 22.8 Å². The van der Waals surface area contributed by atoms with E-state index in [4.69, 9.17) is 9.72 Å². The molecule has 0 bridgehead atoms. The number of pyridine rings is 1. The number of methoxy groups -OCH3 is 1. The van der Waals surface area contributed by atoms with Crippen molar-refractivity contribution < 1.29 is 4.74 Å². The summed E-state index contributed by atoms with van der Waals surface area (Å²) >= 11 is 1.80. The van der Waals surface area contributed by atoms with E-state index in [1.54, 1.807) is 18.0 Å². The van der Waals surface area contributed by atoms with Gasteiger partial charge in [-0.1, -0.05) is 13.8 Å². The SMILES string of the molecule is CCc1nc2c(CSC)cc(-c3c[nH]c(=O)c(OC)c3)cc2n1CC1(C)CC1. The average Bonchev–Trinajstić information content (AvgIpc) is 3.32. The smallest absolute Gasteiger partial charge is 0.290 e. The van der Waals surface area contributed by atoms with Gasteiger partial charge in [0.15, 0.2) is 5.75 Å². The normalized spacial score (nSPS) is 15.1. The summed E-state index contributed by atoms with van der Waals surface area (Å²) in [4.78, 5) is 19.7. The van der Waals surface area contributed by atoms with Gasteiger partial charge in [-0.3, -0.25) is 4.79 Å². The van der Waals surface area contributed by atoms with E-state index in [9.17, 15) is 4.79 Å². The molecule has 1 N–H and O–H groups in total. The predicted octanol–water partition coefficient (Wildman–Crippen LogP) is 4.63. The molecule has 0 aliphatic heterocycles. The van der Waals surface area contributed by atoms with Gasteiger partial charge in [-0.15, -0.1) is 0 Å². The fourth-order valence-electron chi connectivity index (χ4n) is 3.75. The van der Waals surface area contributed by atoms with Gasteiger partial charge in [-0.05, 0) is 53.8 Å². The summed E-state index contributed by atoms with van der Waals surface area (Å²) in [7, 11) is 1.52. The molecule has 0 spiro atoms. The lowest BCUT2D eigenvalue weighted by molar-refractivity contribution is 0.408. The second-order valence-corrected chi connectivity index (χ2v) is 8.87. The number of fused-ring (bicyclic) bond motifs is 1. The minimum atomic E-state index is -0.211. The van der Waals surface area contributed by atoms with Crippen LogP contribution >= 0.6 is 11.8 Å². The van der Waals surface area contributed by atoms with Crippen LogP contribution in [0.4, 0.5) is 0 Å². The van der Waals surface area contributed by atoms with Crippen LogP contribution in [0.3, 0.4) is 0 Å². The van der Waals surface area contributed by atoms with Crippen LogP contribution in [0.2, 0.25) is 0 Å². The number of nitrogens with zero attached hydrogens (tertiary/aromatic N) is 2. The number of nitrogens with one attached hydrogen (secondary N) is 1. The second kappa shape index (κ2) is 7.32. The van der Waals surface area contributed by atoms with Gasteiger partial charge in [-0.2, -0.15) is 11.8 Å². The second-order valence-electron chi connectivity index (χ2n) is 8.00. The highest BCUT2D eigenvalue weighted by Crippen LogP contribution is 2.47. The van der Waals surface area contributed by atoms with Crippen LogP contribution in [-0.4, -0.2) is 27.9 Å². The number of aryl methyl sites for hydroxylation is 1. The Balaban J connectivity index is 1.92. The van der Waals surface area contributed by atoms with Crippen LogP contribution in [0.1, 0.15) is 38.1 Å². The van der Waals surface area contributed by atoms with E-state index < -0.39 is 0 Å². The Morgan fingerprint density at radius 1 is 1.29 bits per heavy atom. The summed E-state index contributed by atoms with van der Waals surface area (Å²) in [6.07, 6.45) is 7.36. The van der Waals surface area contributed by atoms with Crippen molar-refractivity contribution in [2.75, 3.05) is 13.4 Å². The summed E-state index contributed by atoms with van der Waals surface area (Å²) in [5.74, 6) is 2.39. The van der Waals surface area contributed by atoms with E-state index in [0.29, 0.717) is 11.2 Å². The number of H-pyrrole nitrogens is 1. The van der Waals surface area contributed by atoms with Crippen molar-refractivity contribution in [3.05, 3.63) is 46.1 Å². The van der Waals surface area contributed by atoms with E-state index in [1.165, 1.54) is 31.0 Å². The van der Waals surface area contributed by atoms with Gasteiger partial charge in [0, 0.05) is 30.5 Å². The highest BCUT2D eigenvalue weighted by Gasteiger charge is 2.38. The third-order valence-electron chi connectivity index (χ3n) is 5.69. The highest BCUT2D eigenvalue weighted by atomic mass is 32.2. The Morgan fingerprint density at radius 2 is 2.07 bits per heavy atom. The zero-order chi connectivity index (χ0) is 19.9. The van der Waals surface area contributed by atoms with Gasteiger partial charge in [0.2, 0.25) is 0 Å². The maximum Gasteiger partial charge on any atom is 0.290 e. The molecule has 1 fully saturated rings. The van der Waals surface area contributed by atoms with E-state index in [0.717, 1.165) is 41.2 Å². The van der Waals surface area contributed by atoms with Crippen molar-refractivity contribution in [3.63, 3.8) is 0 Å². The number of imidazole rings is 1. The monoisotopic (exact) mass is 397 g/mol. The topological polar surface area (TPSA) is 59.9 Å². The van der Waals surface area contributed by atoms with Crippen molar-refractivity contribution in [1.29, 1.82) is 0 Å². The quantitative estimate of drug-likeness (QED) is 0.632. The van der Waals surface area contributed by atoms with Crippen LogP contribution < -0.4 is 10.3 Å². The van der Waals surface area contributed by atoms with Crippen molar-refractivity contribution in [3.8, 4) is 16.9 Å². The van der Waals surface area contributed by atoms with Crippen molar-refractivity contribution in [2.24, 2.45) is 5.41 Å². The first-order valence-electron chi connectivity index (χ1n) is 9.76. The number of thioether (sulfide) groups is 1. The van der Waals surface area contributed by atoms with E-state index in [-0.39, 0.29) is 5.56 Å². The molecule has 6 heteroatoms. The maximum atomic E-state index is 11.9. The zero-order valence-corrected chi connectivity index (χ0v) is 17.8. The molecule has 3 aromatic rings. The molecular formula is C22H27N3O2S. The lowest BCUT2D eigenvalue weighted by Gasteiger charge is -2.14. The number of aromatic amines is 1. The van der Waals surface area contributed by atoms with Gasteiger partial charge < -0.3 is 14.3 Å². The zero-order valence-electron chi connectivity index (χ0n) is 17.0. The van der Waals surface area contributed by atoms with E-state index >= 15 is 0 Å². The molecule has 2 heterocycles. The molecule has 0 saturated heterocycles. The summed E-state index contributed by atoms with van der Waals surface area (Å²) in [5, 5.41) is 0.